The van der Waals surface area contributed by atoms with Gasteiger partial charge in [-0.15, -0.1) is 0 Å². The van der Waals surface area contributed by atoms with Gasteiger partial charge < -0.3 is 24.5 Å². The minimum absolute atomic E-state index is 0.00737. The van der Waals surface area contributed by atoms with Crippen molar-refractivity contribution in [3.05, 3.63) is 62.4 Å². The highest BCUT2D eigenvalue weighted by atomic mass is 35.5. The minimum atomic E-state index is -0.588. The van der Waals surface area contributed by atoms with Gasteiger partial charge in [0, 0.05) is 33.4 Å². The van der Waals surface area contributed by atoms with Crippen LogP contribution < -0.4 is 10.9 Å². The summed E-state index contributed by atoms with van der Waals surface area (Å²) < 4.78 is 16.2. The zero-order valence-electron chi connectivity index (χ0n) is 16.2. The monoisotopic (exact) mass is 432 g/mol. The van der Waals surface area contributed by atoms with E-state index in [1.165, 1.54) is 45.5 Å². The number of carbonyl (C=O) groups is 2. The second-order valence-electron chi connectivity index (χ2n) is 7.10. The molecule has 2 N–H and O–H groups in total. The van der Waals surface area contributed by atoms with Crippen LogP contribution in [0.15, 0.2) is 29.2 Å². The van der Waals surface area contributed by atoms with E-state index in [2.05, 4.69) is 5.32 Å². The number of pyridine rings is 1. The first-order valence-corrected chi connectivity index (χ1v) is 9.52. The molecule has 156 valence electrons. The Kier molecular flexibility index (Phi) is 4.77. The van der Waals surface area contributed by atoms with Crippen molar-refractivity contribution in [1.29, 1.82) is 0 Å². The summed E-state index contributed by atoms with van der Waals surface area (Å²) in [4.78, 5) is 39.8. The van der Waals surface area contributed by atoms with E-state index in [-0.39, 0.29) is 33.7 Å². The highest BCUT2D eigenvalue weighted by molar-refractivity contribution is 6.30. The van der Waals surface area contributed by atoms with Gasteiger partial charge in [-0.3, -0.25) is 14.4 Å². The maximum Gasteiger partial charge on any atom is 0.274 e. The van der Waals surface area contributed by atoms with E-state index in [1.54, 1.807) is 7.05 Å². The number of rotatable bonds is 3. The molecule has 3 aromatic rings. The molecule has 3 heterocycles. The molecule has 4 rings (SSSR count). The molecule has 30 heavy (non-hydrogen) atoms. The normalized spacial score (nSPS) is 13.6. The van der Waals surface area contributed by atoms with Crippen LogP contribution in [0.2, 0.25) is 5.02 Å². The van der Waals surface area contributed by atoms with Gasteiger partial charge in [-0.1, -0.05) is 17.7 Å². The first-order chi connectivity index (χ1) is 14.2. The fourth-order valence-corrected chi connectivity index (χ4v) is 3.94. The van der Waals surface area contributed by atoms with Crippen LogP contribution in [0, 0.1) is 5.82 Å². The minimum Gasteiger partial charge on any atom is -0.505 e. The van der Waals surface area contributed by atoms with Crippen molar-refractivity contribution in [2.45, 2.75) is 13.1 Å². The third-order valence-corrected chi connectivity index (χ3v) is 5.56. The third-order valence-electron chi connectivity index (χ3n) is 5.27. The van der Waals surface area contributed by atoms with E-state index >= 15 is 0 Å². The zero-order chi connectivity index (χ0) is 21.7. The van der Waals surface area contributed by atoms with Gasteiger partial charge in [0.25, 0.3) is 17.4 Å². The number of hydrogen-bond donors (Lipinski definition) is 2. The van der Waals surface area contributed by atoms with Crippen LogP contribution in [0.1, 0.15) is 26.4 Å². The Morgan fingerprint density at radius 1 is 1.30 bits per heavy atom. The van der Waals surface area contributed by atoms with Crippen molar-refractivity contribution in [1.82, 2.24) is 19.4 Å². The molecule has 0 aliphatic carbocycles. The summed E-state index contributed by atoms with van der Waals surface area (Å²) >= 11 is 5.83. The Labute approximate surface area is 175 Å². The number of aromatic hydroxyl groups is 1. The highest BCUT2D eigenvalue weighted by Gasteiger charge is 2.33. The lowest BCUT2D eigenvalue weighted by Crippen LogP contribution is -2.37. The van der Waals surface area contributed by atoms with Crippen molar-refractivity contribution in [3.63, 3.8) is 0 Å². The molecule has 1 aliphatic heterocycles. The third kappa shape index (κ3) is 2.93. The van der Waals surface area contributed by atoms with Gasteiger partial charge in [-0.25, -0.2) is 4.39 Å². The average Bonchev–Trinajstić information content (AvgIpc) is 3.02. The first kappa shape index (κ1) is 20.0. The Balaban J connectivity index is 2.00. The second kappa shape index (κ2) is 7.17. The van der Waals surface area contributed by atoms with Crippen LogP contribution in [-0.2, 0) is 13.1 Å². The number of amides is 2. The Morgan fingerprint density at radius 3 is 2.70 bits per heavy atom. The Morgan fingerprint density at radius 2 is 2.03 bits per heavy atom. The van der Waals surface area contributed by atoms with Crippen molar-refractivity contribution < 1.29 is 19.1 Å². The molecule has 2 aromatic heterocycles. The van der Waals surface area contributed by atoms with Crippen LogP contribution in [0.4, 0.5) is 4.39 Å². The van der Waals surface area contributed by atoms with Crippen LogP contribution in [0.3, 0.4) is 0 Å². The summed E-state index contributed by atoms with van der Waals surface area (Å²) in [5.41, 5.74) is 0.280. The molecule has 0 radical (unpaired) electrons. The molecule has 0 spiro atoms. The number of halogens is 2. The predicted molar refractivity (Wildman–Crippen MR) is 109 cm³/mol. The zero-order valence-corrected chi connectivity index (χ0v) is 17.0. The number of fused-ring (bicyclic) bond motifs is 3. The molecule has 0 saturated carbocycles. The number of likely N-dealkylation sites (N-methyl/N-ethyl adjacent to an activating group) is 1. The quantitative estimate of drug-likeness (QED) is 0.659. The summed E-state index contributed by atoms with van der Waals surface area (Å²) in [7, 11) is 3.04. The smallest absolute Gasteiger partial charge is 0.274 e. The molecule has 0 saturated heterocycles. The van der Waals surface area contributed by atoms with Gasteiger partial charge in [0.05, 0.1) is 22.6 Å². The number of nitrogens with one attached hydrogen (secondary N) is 1. The maximum absolute atomic E-state index is 13.5. The first-order valence-electron chi connectivity index (χ1n) is 9.14. The predicted octanol–water partition coefficient (Wildman–Crippen LogP) is 1.79. The standard InChI is InChI=1S/C20H18ClFN4O4/c1-23-18(28)11-9-25(8-10-3-4-13(22)12(21)7-10)19(29)14-15(11)26-6-5-24(2)20(30)16(26)17(14)27/h3-4,7,9,27H,5-6,8H2,1-2H3,(H,23,28). The van der Waals surface area contributed by atoms with E-state index in [0.717, 1.165) is 0 Å². The van der Waals surface area contributed by atoms with Gasteiger partial charge >= 0.3 is 0 Å². The molecule has 10 heteroatoms. The number of benzene rings is 1. The fraction of sp³-hybridized carbons (Fsp3) is 0.250. The van der Waals surface area contributed by atoms with E-state index in [0.29, 0.717) is 18.7 Å². The molecule has 8 nitrogen and oxygen atoms in total. The fourth-order valence-electron chi connectivity index (χ4n) is 3.73. The molecule has 0 bridgehead atoms. The summed E-state index contributed by atoms with van der Waals surface area (Å²) in [6.07, 6.45) is 1.37. The summed E-state index contributed by atoms with van der Waals surface area (Å²) in [6.45, 7) is 0.696. The van der Waals surface area contributed by atoms with Crippen LogP contribution in [-0.4, -0.2) is 51.6 Å². The molecule has 0 unspecified atom stereocenters. The molecule has 0 atom stereocenters. The molecular formula is C20H18ClFN4O4. The van der Waals surface area contributed by atoms with Gasteiger partial charge in [0.2, 0.25) is 0 Å². The van der Waals surface area contributed by atoms with Crippen molar-refractivity contribution in [3.8, 4) is 5.75 Å². The summed E-state index contributed by atoms with van der Waals surface area (Å²) in [5, 5.41) is 13.1. The van der Waals surface area contributed by atoms with Gasteiger partial charge in [-0.05, 0) is 17.7 Å². The van der Waals surface area contributed by atoms with Crippen molar-refractivity contribution >= 4 is 34.3 Å². The molecule has 0 fully saturated rings. The average molecular weight is 433 g/mol. The van der Waals surface area contributed by atoms with E-state index in [1.807, 2.05) is 0 Å². The lowest BCUT2D eigenvalue weighted by atomic mass is 10.1. The highest BCUT2D eigenvalue weighted by Crippen LogP contribution is 2.34. The second-order valence-corrected chi connectivity index (χ2v) is 7.51. The van der Waals surface area contributed by atoms with Crippen LogP contribution in [0.25, 0.3) is 10.9 Å². The molecule has 1 aliphatic rings. The summed E-state index contributed by atoms with van der Waals surface area (Å²) in [5.74, 6) is -1.95. The van der Waals surface area contributed by atoms with Crippen LogP contribution >= 0.6 is 11.6 Å². The SMILES string of the molecule is CNC(=O)c1cn(Cc2ccc(F)c(Cl)c2)c(=O)c2c(O)c3n(c12)CCN(C)C3=O. The van der Waals surface area contributed by atoms with Gasteiger partial charge in [0.15, 0.2) is 11.4 Å². The van der Waals surface area contributed by atoms with Gasteiger partial charge in [0.1, 0.15) is 11.2 Å². The number of carbonyl (C=O) groups excluding carboxylic acids is 2. The molecule has 2 amide bonds. The topological polar surface area (TPSA) is 96.6 Å². The van der Waals surface area contributed by atoms with E-state index < -0.39 is 28.9 Å². The summed E-state index contributed by atoms with van der Waals surface area (Å²) in [6, 6.07) is 4.04. The maximum atomic E-state index is 13.5. The number of hydrogen-bond acceptors (Lipinski definition) is 4. The lowest BCUT2D eigenvalue weighted by molar-refractivity contribution is 0.0746. The largest absolute Gasteiger partial charge is 0.505 e. The molecular weight excluding hydrogens is 415 g/mol. The van der Waals surface area contributed by atoms with Crippen LogP contribution in [0.5, 0.6) is 5.75 Å². The van der Waals surface area contributed by atoms with Gasteiger partial charge in [-0.2, -0.15) is 0 Å². The van der Waals surface area contributed by atoms with Crippen molar-refractivity contribution in [2.75, 3.05) is 20.6 Å². The number of aromatic nitrogens is 2. The Bertz CT molecular complexity index is 1280. The number of nitrogens with zero attached hydrogens (tertiary/aromatic N) is 3. The lowest BCUT2D eigenvalue weighted by Gasteiger charge is -2.25. The van der Waals surface area contributed by atoms with E-state index in [9.17, 15) is 23.9 Å². The Hall–Kier alpha value is -3.33. The van der Waals surface area contributed by atoms with E-state index in [4.69, 9.17) is 11.6 Å². The van der Waals surface area contributed by atoms with Crippen molar-refractivity contribution in [2.24, 2.45) is 0 Å². The molecule has 1 aromatic carbocycles.